The number of amidine groups is 1. The number of rotatable bonds is 8. The topological polar surface area (TPSA) is 98.7 Å². The molecule has 3 heterocycles. The molecule has 4 rings (SSSR count). The Morgan fingerprint density at radius 2 is 1.97 bits per heavy atom. The quantitative estimate of drug-likeness (QED) is 0.498. The van der Waals surface area contributed by atoms with Crippen LogP contribution in [0.2, 0.25) is 0 Å². The third-order valence-electron chi connectivity index (χ3n) is 6.24. The molecule has 0 radical (unpaired) electrons. The molecule has 37 heavy (non-hydrogen) atoms. The van der Waals surface area contributed by atoms with E-state index in [-0.39, 0.29) is 18.4 Å². The summed E-state index contributed by atoms with van der Waals surface area (Å²) >= 11 is 1.43. The molecule has 1 amide bonds. The molecule has 0 bridgehead atoms. The van der Waals surface area contributed by atoms with Crippen LogP contribution >= 0.6 is 11.8 Å². The minimum absolute atomic E-state index is 0.0619. The molecule has 0 saturated carbocycles. The summed E-state index contributed by atoms with van der Waals surface area (Å²) in [5.41, 5.74) is 1.85. The summed E-state index contributed by atoms with van der Waals surface area (Å²) in [6.45, 7) is 8.53. The molecule has 1 fully saturated rings. The van der Waals surface area contributed by atoms with Crippen LogP contribution in [-0.4, -0.2) is 61.0 Å². The number of amides is 1. The fraction of sp³-hybridized carbons (Fsp3) is 0.519. The molecular formula is C27H35N3O6S. The Morgan fingerprint density at radius 3 is 2.62 bits per heavy atom. The van der Waals surface area contributed by atoms with Crippen molar-refractivity contribution in [2.45, 2.75) is 64.7 Å². The Balaban J connectivity index is 1.67. The first kappa shape index (κ1) is 27.1. The van der Waals surface area contributed by atoms with E-state index >= 15 is 0 Å². The molecule has 10 heteroatoms. The Hall–Kier alpha value is -2.98. The number of fused-ring (bicyclic) bond motifs is 1. The van der Waals surface area contributed by atoms with Gasteiger partial charge >= 0.3 is 5.97 Å². The number of hydrogen-bond donors (Lipinski definition) is 1. The van der Waals surface area contributed by atoms with Gasteiger partial charge in [-0.25, -0.2) is 9.79 Å². The number of hydrogen-bond acceptors (Lipinski definition) is 9. The van der Waals surface area contributed by atoms with Gasteiger partial charge in [0.2, 0.25) is 5.91 Å². The van der Waals surface area contributed by atoms with Gasteiger partial charge in [0.25, 0.3) is 0 Å². The van der Waals surface area contributed by atoms with Gasteiger partial charge in [0.1, 0.15) is 5.60 Å². The molecular weight excluding hydrogens is 494 g/mol. The molecule has 3 aliphatic rings. The van der Waals surface area contributed by atoms with Gasteiger partial charge in [-0.1, -0.05) is 17.8 Å². The lowest BCUT2D eigenvalue weighted by molar-refractivity contribution is -0.150. The van der Waals surface area contributed by atoms with Crippen molar-refractivity contribution in [3.05, 3.63) is 46.1 Å². The molecule has 0 aromatic heterocycles. The van der Waals surface area contributed by atoms with Gasteiger partial charge in [-0.3, -0.25) is 4.79 Å². The molecule has 3 aliphatic heterocycles. The molecule has 1 aromatic rings. The van der Waals surface area contributed by atoms with Gasteiger partial charge in [0, 0.05) is 18.8 Å². The van der Waals surface area contributed by atoms with Crippen molar-refractivity contribution in [3.8, 4) is 11.5 Å². The predicted octanol–water partition coefficient (Wildman–Crippen LogP) is 4.31. The number of allylic oxidation sites excluding steroid dienone is 1. The van der Waals surface area contributed by atoms with Gasteiger partial charge in [-0.15, -0.1) is 0 Å². The van der Waals surface area contributed by atoms with Crippen LogP contribution in [0.1, 0.15) is 58.6 Å². The van der Waals surface area contributed by atoms with Crippen LogP contribution in [0.4, 0.5) is 0 Å². The molecule has 0 aliphatic carbocycles. The van der Waals surface area contributed by atoms with E-state index in [1.165, 1.54) is 11.8 Å². The maximum atomic E-state index is 13.5. The average molecular weight is 530 g/mol. The maximum absolute atomic E-state index is 13.5. The lowest BCUT2D eigenvalue weighted by Gasteiger charge is -2.37. The summed E-state index contributed by atoms with van der Waals surface area (Å²) in [5, 5.41) is 5.61. The first-order chi connectivity index (χ1) is 17.6. The van der Waals surface area contributed by atoms with Crippen molar-refractivity contribution in [2.24, 2.45) is 4.99 Å². The third-order valence-corrected chi connectivity index (χ3v) is 7.12. The van der Waals surface area contributed by atoms with E-state index in [2.05, 4.69) is 5.32 Å². The van der Waals surface area contributed by atoms with E-state index in [0.717, 1.165) is 30.7 Å². The molecule has 9 nitrogen and oxygen atoms in total. The second-order valence-electron chi connectivity index (χ2n) is 10.1. The van der Waals surface area contributed by atoms with E-state index in [9.17, 15) is 9.59 Å². The van der Waals surface area contributed by atoms with E-state index in [0.29, 0.717) is 34.5 Å². The lowest BCUT2D eigenvalue weighted by Crippen LogP contribution is -2.39. The number of aliphatic imine (C=N–C) groups is 1. The first-order valence-electron chi connectivity index (χ1n) is 12.4. The van der Waals surface area contributed by atoms with Crippen LogP contribution in [0.3, 0.4) is 0 Å². The normalized spacial score (nSPS) is 21.3. The van der Waals surface area contributed by atoms with Crippen molar-refractivity contribution >= 4 is 28.8 Å². The van der Waals surface area contributed by atoms with Crippen molar-refractivity contribution in [3.63, 3.8) is 0 Å². The van der Waals surface area contributed by atoms with Gasteiger partial charge in [0.05, 0.1) is 44.1 Å². The molecule has 0 spiro atoms. The molecule has 0 unspecified atom stereocenters. The van der Waals surface area contributed by atoms with Crippen molar-refractivity contribution in [1.82, 2.24) is 10.2 Å². The number of ether oxygens (including phenoxy) is 4. The van der Waals surface area contributed by atoms with Crippen LogP contribution in [0, 0.1) is 0 Å². The number of thioether (sulfide) groups is 1. The van der Waals surface area contributed by atoms with Crippen molar-refractivity contribution in [1.29, 1.82) is 0 Å². The van der Waals surface area contributed by atoms with Crippen LogP contribution in [-0.2, 0) is 19.1 Å². The van der Waals surface area contributed by atoms with Gasteiger partial charge in [-0.05, 0) is 63.6 Å². The van der Waals surface area contributed by atoms with Crippen LogP contribution in [0.25, 0.3) is 0 Å². The second kappa shape index (κ2) is 11.2. The summed E-state index contributed by atoms with van der Waals surface area (Å²) in [6, 6.07) is 4.99. The molecule has 1 saturated heterocycles. The number of methoxy groups -OCH3 is 2. The highest BCUT2D eigenvalue weighted by Gasteiger charge is 2.42. The number of nitrogens with zero attached hydrogens (tertiary/aromatic N) is 2. The Bertz CT molecular complexity index is 1150. The second-order valence-corrected chi connectivity index (χ2v) is 11.0. The van der Waals surface area contributed by atoms with E-state index < -0.39 is 17.6 Å². The highest BCUT2D eigenvalue weighted by atomic mass is 32.2. The minimum atomic E-state index is -0.683. The van der Waals surface area contributed by atoms with Crippen molar-refractivity contribution < 1.29 is 28.5 Å². The number of benzene rings is 1. The summed E-state index contributed by atoms with van der Waals surface area (Å²) in [5.74, 6) is 0.555. The smallest absolute Gasteiger partial charge is 0.338 e. The molecule has 2 atom stereocenters. The zero-order valence-corrected chi connectivity index (χ0v) is 23.1. The van der Waals surface area contributed by atoms with Gasteiger partial charge < -0.3 is 29.2 Å². The summed E-state index contributed by atoms with van der Waals surface area (Å²) in [4.78, 5) is 33.1. The highest BCUT2D eigenvalue weighted by Crippen LogP contribution is 2.46. The third kappa shape index (κ3) is 6.13. The van der Waals surface area contributed by atoms with E-state index in [1.54, 1.807) is 14.2 Å². The Kier molecular flexibility index (Phi) is 8.18. The standard InChI is InChI=1S/C27H35N3O6S/c1-16-23(25(32)36-27(2,3)4)24(17-9-10-20(33-5)21(12-17)34-6)30-18(15-37-26(30)29-16)13-22(31)28-14-19-8-7-11-35-19/h9-10,12,15,19,24H,7-8,11,13-14H2,1-6H3,(H,28,31)/t19-,24+/m0/s1. The zero-order chi connectivity index (χ0) is 26.7. The summed E-state index contributed by atoms with van der Waals surface area (Å²) in [6.07, 6.45) is 2.17. The molecule has 1 N–H and O–H groups in total. The number of carbonyl (C=O) groups is 2. The molecule has 1 aromatic carbocycles. The predicted molar refractivity (Wildman–Crippen MR) is 142 cm³/mol. The highest BCUT2D eigenvalue weighted by molar-refractivity contribution is 8.16. The van der Waals surface area contributed by atoms with E-state index in [4.69, 9.17) is 23.9 Å². The largest absolute Gasteiger partial charge is 0.493 e. The van der Waals surface area contributed by atoms with Crippen LogP contribution < -0.4 is 14.8 Å². The minimum Gasteiger partial charge on any atom is -0.493 e. The van der Waals surface area contributed by atoms with E-state index in [1.807, 2.05) is 56.2 Å². The monoisotopic (exact) mass is 529 g/mol. The number of carbonyl (C=O) groups excluding carboxylic acids is 2. The lowest BCUT2D eigenvalue weighted by atomic mass is 9.93. The number of nitrogens with one attached hydrogen (secondary N) is 1. The van der Waals surface area contributed by atoms with Gasteiger partial charge in [-0.2, -0.15) is 0 Å². The van der Waals surface area contributed by atoms with Crippen LogP contribution in [0.15, 0.2) is 45.6 Å². The van der Waals surface area contributed by atoms with Crippen LogP contribution in [0.5, 0.6) is 11.5 Å². The van der Waals surface area contributed by atoms with Gasteiger partial charge in [0.15, 0.2) is 16.7 Å². The maximum Gasteiger partial charge on any atom is 0.338 e. The first-order valence-corrected chi connectivity index (χ1v) is 13.3. The fourth-order valence-electron chi connectivity index (χ4n) is 4.56. The summed E-state index contributed by atoms with van der Waals surface area (Å²) in [7, 11) is 3.15. The average Bonchev–Trinajstić information content (AvgIpc) is 3.50. The fourth-order valence-corrected chi connectivity index (χ4v) is 5.53. The Morgan fingerprint density at radius 1 is 1.22 bits per heavy atom. The summed E-state index contributed by atoms with van der Waals surface area (Å²) < 4.78 is 22.4. The SMILES string of the molecule is COc1ccc([C@@H]2C(C(=O)OC(C)(C)C)=C(C)N=C3SC=C(CC(=O)NC[C@@H]4CCCO4)N32)cc1OC. The van der Waals surface area contributed by atoms with Crippen molar-refractivity contribution in [2.75, 3.05) is 27.4 Å². The number of esters is 1. The Labute approximate surface area is 222 Å². The molecule has 200 valence electrons. The zero-order valence-electron chi connectivity index (χ0n) is 22.3.